The van der Waals surface area contributed by atoms with E-state index in [1.54, 1.807) is 7.11 Å². The number of hydrogen-bond acceptors (Lipinski definition) is 5. The van der Waals surface area contributed by atoms with Crippen molar-refractivity contribution in [3.8, 4) is 0 Å². The van der Waals surface area contributed by atoms with Crippen LogP contribution >= 0.6 is 0 Å². The van der Waals surface area contributed by atoms with Crippen molar-refractivity contribution in [2.75, 3.05) is 46.6 Å². The van der Waals surface area contributed by atoms with E-state index in [-0.39, 0.29) is 0 Å². The number of nitrogens with zero attached hydrogens (tertiary/aromatic N) is 1. The van der Waals surface area contributed by atoms with E-state index in [2.05, 4.69) is 4.90 Å². The molecule has 1 saturated heterocycles. The zero-order chi connectivity index (χ0) is 13.2. The van der Waals surface area contributed by atoms with Crippen molar-refractivity contribution in [1.82, 2.24) is 4.90 Å². The molecule has 1 aliphatic rings. The van der Waals surface area contributed by atoms with E-state index in [1.807, 2.05) is 0 Å². The second-order valence-electron chi connectivity index (χ2n) is 4.94. The van der Waals surface area contributed by atoms with Crippen molar-refractivity contribution in [3.63, 3.8) is 0 Å². The minimum absolute atomic E-state index is 0.384. The monoisotopic (exact) mass is 260 g/mol. The van der Waals surface area contributed by atoms with Gasteiger partial charge in [0.25, 0.3) is 0 Å². The average molecular weight is 260 g/mol. The highest BCUT2D eigenvalue weighted by Gasteiger charge is 2.23. The third-order valence-electron chi connectivity index (χ3n) is 3.44. The lowest BCUT2D eigenvalue weighted by atomic mass is 9.99. The molecule has 0 amide bonds. The van der Waals surface area contributed by atoms with Crippen LogP contribution in [0.5, 0.6) is 0 Å². The van der Waals surface area contributed by atoms with Crippen LogP contribution in [-0.4, -0.2) is 68.7 Å². The minimum atomic E-state index is -0.416. The standard InChI is InChI=1S/C13H28N2O3/c1-17-8-9-18-11-13(16)10-15-7-3-2-4-12(15)5-6-14/h12-13,16H,2-11,14H2,1H3. The molecule has 18 heavy (non-hydrogen) atoms. The summed E-state index contributed by atoms with van der Waals surface area (Å²) in [6, 6.07) is 0.539. The van der Waals surface area contributed by atoms with Gasteiger partial charge in [0, 0.05) is 19.7 Å². The summed E-state index contributed by atoms with van der Waals surface area (Å²) < 4.78 is 10.2. The molecule has 2 unspecified atom stereocenters. The van der Waals surface area contributed by atoms with Gasteiger partial charge >= 0.3 is 0 Å². The van der Waals surface area contributed by atoms with E-state index in [1.165, 1.54) is 19.3 Å². The van der Waals surface area contributed by atoms with Gasteiger partial charge in [0.05, 0.1) is 25.9 Å². The molecule has 0 aromatic heterocycles. The Morgan fingerprint density at radius 1 is 1.39 bits per heavy atom. The first kappa shape index (κ1) is 15.9. The van der Waals surface area contributed by atoms with Crippen molar-refractivity contribution in [2.24, 2.45) is 5.73 Å². The van der Waals surface area contributed by atoms with Crippen molar-refractivity contribution in [1.29, 1.82) is 0 Å². The van der Waals surface area contributed by atoms with Gasteiger partial charge in [-0.05, 0) is 32.4 Å². The maximum Gasteiger partial charge on any atom is 0.0900 e. The molecule has 1 rings (SSSR count). The number of aliphatic hydroxyl groups is 1. The summed E-state index contributed by atoms with van der Waals surface area (Å²) in [4.78, 5) is 2.36. The Balaban J connectivity index is 2.20. The third kappa shape index (κ3) is 6.11. The summed E-state index contributed by atoms with van der Waals surface area (Å²) in [5, 5.41) is 9.95. The predicted octanol–water partition coefficient (Wildman–Crippen LogP) is 0.214. The van der Waals surface area contributed by atoms with Crippen LogP contribution in [0.2, 0.25) is 0 Å². The Bertz CT molecular complexity index is 203. The smallest absolute Gasteiger partial charge is 0.0900 e. The van der Waals surface area contributed by atoms with Crippen LogP contribution in [0.3, 0.4) is 0 Å². The Hall–Kier alpha value is -0.200. The molecule has 3 N–H and O–H groups in total. The predicted molar refractivity (Wildman–Crippen MR) is 71.6 cm³/mol. The summed E-state index contributed by atoms with van der Waals surface area (Å²) in [6.07, 6.45) is 4.31. The van der Waals surface area contributed by atoms with Crippen molar-refractivity contribution in [3.05, 3.63) is 0 Å². The lowest BCUT2D eigenvalue weighted by Crippen LogP contribution is -2.45. The molecule has 1 heterocycles. The number of aliphatic hydroxyl groups excluding tert-OH is 1. The number of ether oxygens (including phenoxy) is 2. The number of piperidine rings is 1. The Kier molecular flexibility index (Phi) is 8.54. The Morgan fingerprint density at radius 2 is 2.22 bits per heavy atom. The quantitative estimate of drug-likeness (QED) is 0.580. The molecule has 0 bridgehead atoms. The average Bonchev–Trinajstić information content (AvgIpc) is 2.37. The number of rotatable bonds is 9. The van der Waals surface area contributed by atoms with E-state index < -0.39 is 6.10 Å². The highest BCUT2D eigenvalue weighted by Crippen LogP contribution is 2.19. The van der Waals surface area contributed by atoms with E-state index in [0.29, 0.717) is 32.4 Å². The van der Waals surface area contributed by atoms with E-state index in [0.717, 1.165) is 19.5 Å². The summed E-state index contributed by atoms with van der Waals surface area (Å²) in [7, 11) is 1.64. The van der Waals surface area contributed by atoms with Gasteiger partial charge in [0.15, 0.2) is 0 Å². The molecule has 0 radical (unpaired) electrons. The number of methoxy groups -OCH3 is 1. The largest absolute Gasteiger partial charge is 0.389 e. The lowest BCUT2D eigenvalue weighted by Gasteiger charge is -2.36. The normalized spacial score (nSPS) is 23.2. The van der Waals surface area contributed by atoms with Gasteiger partial charge in [0.1, 0.15) is 0 Å². The number of hydrogen-bond donors (Lipinski definition) is 2. The van der Waals surface area contributed by atoms with Crippen LogP contribution in [0.1, 0.15) is 25.7 Å². The number of nitrogens with two attached hydrogens (primary N) is 1. The summed E-state index contributed by atoms with van der Waals surface area (Å²) in [5.74, 6) is 0. The highest BCUT2D eigenvalue weighted by molar-refractivity contribution is 4.79. The number of likely N-dealkylation sites (tertiary alicyclic amines) is 1. The second kappa shape index (κ2) is 9.69. The van der Waals surface area contributed by atoms with E-state index in [9.17, 15) is 5.11 Å². The molecule has 108 valence electrons. The fraction of sp³-hybridized carbons (Fsp3) is 1.00. The summed E-state index contributed by atoms with van der Waals surface area (Å²) in [6.45, 7) is 3.99. The molecule has 5 heteroatoms. The zero-order valence-electron chi connectivity index (χ0n) is 11.5. The topological polar surface area (TPSA) is 68.0 Å². The lowest BCUT2D eigenvalue weighted by molar-refractivity contribution is -0.0114. The van der Waals surface area contributed by atoms with Crippen LogP contribution in [0.15, 0.2) is 0 Å². The molecular formula is C13H28N2O3. The van der Waals surface area contributed by atoms with Crippen molar-refractivity contribution >= 4 is 0 Å². The molecule has 1 fully saturated rings. The Morgan fingerprint density at radius 3 is 2.94 bits per heavy atom. The van der Waals surface area contributed by atoms with Crippen LogP contribution < -0.4 is 5.73 Å². The SMILES string of the molecule is COCCOCC(O)CN1CCCCC1CCN. The summed E-state index contributed by atoms with van der Waals surface area (Å²) >= 11 is 0. The molecule has 0 spiro atoms. The summed E-state index contributed by atoms with van der Waals surface area (Å²) in [5.41, 5.74) is 5.64. The maximum absolute atomic E-state index is 9.95. The van der Waals surface area contributed by atoms with Gasteiger partial charge in [-0.3, -0.25) is 4.90 Å². The first-order valence-electron chi connectivity index (χ1n) is 6.96. The highest BCUT2D eigenvalue weighted by atomic mass is 16.5. The van der Waals surface area contributed by atoms with Crippen molar-refractivity contribution < 1.29 is 14.6 Å². The van der Waals surface area contributed by atoms with Gasteiger partial charge in [-0.25, -0.2) is 0 Å². The first-order chi connectivity index (χ1) is 8.77. The van der Waals surface area contributed by atoms with E-state index in [4.69, 9.17) is 15.2 Å². The molecular weight excluding hydrogens is 232 g/mol. The molecule has 0 aromatic rings. The molecule has 1 aliphatic heterocycles. The van der Waals surface area contributed by atoms with Crippen LogP contribution in [-0.2, 0) is 9.47 Å². The Labute approximate surface area is 110 Å². The third-order valence-corrected chi connectivity index (χ3v) is 3.44. The molecule has 5 nitrogen and oxygen atoms in total. The second-order valence-corrected chi connectivity index (χ2v) is 4.94. The van der Waals surface area contributed by atoms with Gasteiger partial charge in [-0.1, -0.05) is 6.42 Å². The van der Waals surface area contributed by atoms with Crippen LogP contribution in [0.25, 0.3) is 0 Å². The molecule has 2 atom stereocenters. The number of β-amino-alcohol motifs (C(OH)–C–C–N with tert-alkyl or cyclic N) is 1. The van der Waals surface area contributed by atoms with Gasteiger partial charge in [0.2, 0.25) is 0 Å². The van der Waals surface area contributed by atoms with Gasteiger partial charge in [-0.2, -0.15) is 0 Å². The zero-order valence-corrected chi connectivity index (χ0v) is 11.5. The molecule has 0 aliphatic carbocycles. The minimum Gasteiger partial charge on any atom is -0.389 e. The maximum atomic E-state index is 9.95. The van der Waals surface area contributed by atoms with Crippen molar-refractivity contribution in [2.45, 2.75) is 37.8 Å². The molecule has 0 aromatic carbocycles. The van der Waals surface area contributed by atoms with Crippen LogP contribution in [0.4, 0.5) is 0 Å². The fourth-order valence-electron chi connectivity index (χ4n) is 2.50. The molecule has 0 saturated carbocycles. The van der Waals surface area contributed by atoms with E-state index >= 15 is 0 Å². The van der Waals surface area contributed by atoms with Gasteiger partial charge < -0.3 is 20.3 Å². The fourth-order valence-corrected chi connectivity index (χ4v) is 2.50. The first-order valence-corrected chi connectivity index (χ1v) is 6.96. The van der Waals surface area contributed by atoms with Crippen LogP contribution in [0, 0.1) is 0 Å². The van der Waals surface area contributed by atoms with Gasteiger partial charge in [-0.15, -0.1) is 0 Å².